The highest BCUT2D eigenvalue weighted by atomic mass is 35.5. The fraction of sp³-hybridized carbons (Fsp3) is 0.429. The monoisotopic (exact) mass is 231 g/mol. The third kappa shape index (κ3) is 2.31. The zero-order chi connectivity index (χ0) is 10.2. The van der Waals surface area contributed by atoms with Gasteiger partial charge in [0.1, 0.15) is 0 Å². The Balaban J connectivity index is 3.12. The van der Waals surface area contributed by atoms with Crippen molar-refractivity contribution in [3.05, 3.63) is 22.4 Å². The van der Waals surface area contributed by atoms with Crippen molar-refractivity contribution in [3.8, 4) is 0 Å². The van der Waals surface area contributed by atoms with Gasteiger partial charge in [-0.25, -0.2) is 0 Å². The van der Waals surface area contributed by atoms with E-state index in [1.807, 2.05) is 0 Å². The van der Waals surface area contributed by atoms with Crippen LogP contribution < -0.4 is 5.73 Å². The second kappa shape index (κ2) is 3.42. The normalized spacial score (nSPS) is 24.7. The molecule has 0 aromatic heterocycles. The minimum Gasteiger partial charge on any atom is -0.400 e. The molecule has 0 aromatic rings. The summed E-state index contributed by atoms with van der Waals surface area (Å²) in [5.74, 6) is 0. The van der Waals surface area contributed by atoms with Crippen LogP contribution in [0.15, 0.2) is 22.4 Å². The molecule has 6 heteroatoms. The summed E-state index contributed by atoms with van der Waals surface area (Å²) in [4.78, 5) is 0. The molecule has 1 rings (SSSR count). The van der Waals surface area contributed by atoms with Crippen LogP contribution in [0.5, 0.6) is 0 Å². The van der Waals surface area contributed by atoms with Crippen molar-refractivity contribution in [3.63, 3.8) is 0 Å². The number of hydrogen-bond donors (Lipinski definition) is 1. The maximum atomic E-state index is 12.2. The van der Waals surface area contributed by atoms with E-state index in [-0.39, 0.29) is 17.2 Å². The van der Waals surface area contributed by atoms with Crippen LogP contribution in [-0.4, -0.2) is 11.6 Å². The van der Waals surface area contributed by atoms with Gasteiger partial charge in [-0.3, -0.25) is 0 Å². The molecule has 1 aliphatic carbocycles. The maximum absolute atomic E-state index is 12.2. The first kappa shape index (κ1) is 10.7. The smallest absolute Gasteiger partial charge is 0.400 e. The Morgan fingerprint density at radius 1 is 1.46 bits per heavy atom. The van der Waals surface area contributed by atoms with Crippen LogP contribution in [0.3, 0.4) is 0 Å². The predicted octanol–water partition coefficient (Wildman–Crippen LogP) is 2.90. The van der Waals surface area contributed by atoms with E-state index >= 15 is 0 Å². The highest BCUT2D eigenvalue weighted by Gasteiger charge is 2.38. The largest absolute Gasteiger partial charge is 0.418 e. The van der Waals surface area contributed by atoms with Gasteiger partial charge in [0.05, 0.1) is 11.0 Å². The van der Waals surface area contributed by atoms with Crippen LogP contribution in [0.2, 0.25) is 0 Å². The van der Waals surface area contributed by atoms with Gasteiger partial charge < -0.3 is 5.73 Å². The molecule has 0 radical (unpaired) electrons. The summed E-state index contributed by atoms with van der Waals surface area (Å²) in [6, 6.07) is 0. The molecule has 0 heterocycles. The average molecular weight is 232 g/mol. The molecule has 13 heavy (non-hydrogen) atoms. The van der Waals surface area contributed by atoms with Crippen LogP contribution in [0, 0.1) is 0 Å². The van der Waals surface area contributed by atoms with Crippen LogP contribution in [0.1, 0.15) is 6.42 Å². The number of halogens is 5. The molecule has 0 aliphatic heterocycles. The summed E-state index contributed by atoms with van der Waals surface area (Å²) in [6.45, 7) is 0. The Morgan fingerprint density at radius 3 is 2.46 bits per heavy atom. The van der Waals surface area contributed by atoms with Crippen molar-refractivity contribution in [2.45, 2.75) is 18.0 Å². The third-order valence-electron chi connectivity index (χ3n) is 1.63. The molecular formula is C7H6Cl2F3N. The topological polar surface area (TPSA) is 26.0 Å². The number of rotatable bonds is 0. The minimum atomic E-state index is -4.49. The van der Waals surface area contributed by atoms with E-state index in [9.17, 15) is 13.2 Å². The molecule has 0 saturated heterocycles. The van der Waals surface area contributed by atoms with Gasteiger partial charge in [0.25, 0.3) is 0 Å². The van der Waals surface area contributed by atoms with Gasteiger partial charge >= 0.3 is 6.18 Å². The van der Waals surface area contributed by atoms with E-state index in [0.29, 0.717) is 0 Å². The van der Waals surface area contributed by atoms with E-state index in [1.54, 1.807) is 0 Å². The summed E-state index contributed by atoms with van der Waals surface area (Å²) in [5.41, 5.74) is 3.89. The molecule has 1 unspecified atom stereocenters. The van der Waals surface area contributed by atoms with Crippen molar-refractivity contribution in [1.29, 1.82) is 0 Å². The van der Waals surface area contributed by atoms with E-state index in [0.717, 1.165) is 6.08 Å². The minimum absolute atomic E-state index is 0.0709. The Kier molecular flexibility index (Phi) is 2.82. The first-order chi connectivity index (χ1) is 5.82. The van der Waals surface area contributed by atoms with Gasteiger partial charge in [0, 0.05) is 17.2 Å². The van der Waals surface area contributed by atoms with E-state index in [1.165, 1.54) is 0 Å². The third-order valence-corrected chi connectivity index (χ3v) is 2.28. The highest BCUT2D eigenvalue weighted by Crippen LogP contribution is 2.36. The lowest BCUT2D eigenvalue weighted by molar-refractivity contribution is -0.0894. The number of alkyl halides is 4. The second-order valence-electron chi connectivity index (χ2n) is 2.63. The summed E-state index contributed by atoms with van der Waals surface area (Å²) in [5, 5.41) is -0.796. The lowest BCUT2D eigenvalue weighted by Crippen LogP contribution is -2.25. The van der Waals surface area contributed by atoms with Gasteiger partial charge in [0.2, 0.25) is 0 Å². The summed E-state index contributed by atoms with van der Waals surface area (Å²) in [7, 11) is 0. The number of allylic oxidation sites excluding steroid dienone is 4. The van der Waals surface area contributed by atoms with E-state index in [2.05, 4.69) is 0 Å². The molecule has 74 valence electrons. The standard InChI is InChI=1S/C7H6Cl2F3N/c8-3-1-4(7(10,11)12)6(13)5(9)2-3/h1,5H,2,13H2. The van der Waals surface area contributed by atoms with Crippen LogP contribution in [-0.2, 0) is 0 Å². The fourth-order valence-electron chi connectivity index (χ4n) is 0.994. The predicted molar refractivity (Wildman–Crippen MR) is 45.5 cm³/mol. The first-order valence-corrected chi connectivity index (χ1v) is 4.21. The van der Waals surface area contributed by atoms with Crippen LogP contribution >= 0.6 is 23.2 Å². The van der Waals surface area contributed by atoms with Gasteiger partial charge in [-0.2, -0.15) is 13.2 Å². The Bertz CT molecular complexity index is 280. The molecule has 0 spiro atoms. The Morgan fingerprint density at radius 2 is 2.00 bits per heavy atom. The SMILES string of the molecule is NC1=C(C(F)(F)F)C=C(Cl)CC1Cl. The molecule has 1 nitrogen and oxygen atoms in total. The van der Waals surface area contributed by atoms with Crippen molar-refractivity contribution in [2.24, 2.45) is 5.73 Å². The molecule has 0 bridgehead atoms. The van der Waals surface area contributed by atoms with E-state index in [4.69, 9.17) is 28.9 Å². The fourth-order valence-corrected chi connectivity index (χ4v) is 1.62. The lowest BCUT2D eigenvalue weighted by Gasteiger charge is -2.20. The maximum Gasteiger partial charge on any atom is 0.418 e. The number of hydrogen-bond acceptors (Lipinski definition) is 1. The summed E-state index contributed by atoms with van der Waals surface area (Å²) in [6.07, 6.45) is -3.53. The first-order valence-electron chi connectivity index (χ1n) is 3.39. The molecule has 0 aromatic carbocycles. The van der Waals surface area contributed by atoms with Gasteiger partial charge in [-0.15, -0.1) is 11.6 Å². The van der Waals surface area contributed by atoms with Crippen LogP contribution in [0.4, 0.5) is 13.2 Å². The lowest BCUT2D eigenvalue weighted by atomic mass is 10.0. The molecule has 0 amide bonds. The zero-order valence-corrected chi connectivity index (χ0v) is 7.84. The van der Waals surface area contributed by atoms with Gasteiger partial charge in [-0.05, 0) is 6.08 Å². The number of nitrogens with two attached hydrogens (primary N) is 1. The van der Waals surface area contributed by atoms with Crippen molar-refractivity contribution >= 4 is 23.2 Å². The quantitative estimate of drug-likeness (QED) is 0.638. The Labute approximate surface area is 83.0 Å². The van der Waals surface area contributed by atoms with Crippen molar-refractivity contribution in [1.82, 2.24) is 0 Å². The molecule has 1 aliphatic rings. The van der Waals surface area contributed by atoms with Gasteiger partial charge in [-0.1, -0.05) is 11.6 Å². The Hall–Kier alpha value is -0.350. The second-order valence-corrected chi connectivity index (χ2v) is 3.64. The highest BCUT2D eigenvalue weighted by molar-refractivity contribution is 6.31. The summed E-state index contributed by atoms with van der Waals surface area (Å²) < 4.78 is 36.7. The van der Waals surface area contributed by atoms with Gasteiger partial charge in [0.15, 0.2) is 0 Å². The molecule has 2 N–H and O–H groups in total. The van der Waals surface area contributed by atoms with Crippen LogP contribution in [0.25, 0.3) is 0 Å². The summed E-state index contributed by atoms with van der Waals surface area (Å²) >= 11 is 11.0. The van der Waals surface area contributed by atoms with Crippen molar-refractivity contribution < 1.29 is 13.2 Å². The van der Waals surface area contributed by atoms with E-state index < -0.39 is 17.1 Å². The van der Waals surface area contributed by atoms with Crippen molar-refractivity contribution in [2.75, 3.05) is 0 Å². The molecule has 1 atom stereocenters. The zero-order valence-electron chi connectivity index (χ0n) is 6.33. The molecular weight excluding hydrogens is 226 g/mol. The molecule has 0 saturated carbocycles. The molecule has 0 fully saturated rings. The average Bonchev–Trinajstić information content (AvgIpc) is 1.94.